The van der Waals surface area contributed by atoms with Crippen LogP contribution in [0.5, 0.6) is 0 Å². The molecule has 34 heavy (non-hydrogen) atoms. The standard InChI is InChI=1S/C25H31N5O3S/c31-25(26-13-7-14-28-16-18-29(19-17-28)20-8-2-1-3-9-20)22-11-6-15-30(22)24-21-10-4-5-12-23(21)34(32,33)27-24/h1-5,8-10,12,22H,6-7,11,13-19H2,(H,26,31)/t22-/m0/s1. The third-order valence-corrected chi connectivity index (χ3v) is 8.21. The second-order valence-electron chi connectivity index (χ2n) is 9.05. The third kappa shape index (κ3) is 4.67. The fourth-order valence-electron chi connectivity index (χ4n) is 5.09. The number of nitrogens with zero attached hydrogens (tertiary/aromatic N) is 4. The van der Waals surface area contributed by atoms with Gasteiger partial charge < -0.3 is 15.1 Å². The van der Waals surface area contributed by atoms with E-state index >= 15 is 0 Å². The minimum atomic E-state index is -3.69. The summed E-state index contributed by atoms with van der Waals surface area (Å²) in [5, 5.41) is 3.07. The Morgan fingerprint density at radius 3 is 2.50 bits per heavy atom. The topological polar surface area (TPSA) is 85.3 Å². The highest BCUT2D eigenvalue weighted by molar-refractivity contribution is 7.90. The summed E-state index contributed by atoms with van der Waals surface area (Å²) < 4.78 is 28.9. The number of fused-ring (bicyclic) bond motifs is 1. The molecule has 0 radical (unpaired) electrons. The van der Waals surface area contributed by atoms with Gasteiger partial charge in [-0.2, -0.15) is 8.42 Å². The van der Waals surface area contributed by atoms with Crippen LogP contribution in [0.15, 0.2) is 63.9 Å². The van der Waals surface area contributed by atoms with E-state index in [-0.39, 0.29) is 16.8 Å². The van der Waals surface area contributed by atoms with Crippen LogP contribution in [0, 0.1) is 0 Å². The van der Waals surface area contributed by atoms with Crippen LogP contribution >= 0.6 is 0 Å². The first kappa shape index (κ1) is 22.9. The predicted molar refractivity (Wildman–Crippen MR) is 133 cm³/mol. The Bertz CT molecular complexity index is 1160. The quantitative estimate of drug-likeness (QED) is 0.635. The van der Waals surface area contributed by atoms with Crippen molar-refractivity contribution >= 4 is 27.5 Å². The van der Waals surface area contributed by atoms with Crippen LogP contribution in [0.2, 0.25) is 0 Å². The molecular formula is C25H31N5O3S. The van der Waals surface area contributed by atoms with Crippen molar-refractivity contribution in [2.45, 2.75) is 30.2 Å². The lowest BCUT2D eigenvalue weighted by atomic mass is 10.1. The van der Waals surface area contributed by atoms with E-state index in [2.05, 4.69) is 43.8 Å². The first-order valence-corrected chi connectivity index (χ1v) is 13.5. The van der Waals surface area contributed by atoms with Crippen molar-refractivity contribution in [3.8, 4) is 0 Å². The zero-order valence-corrected chi connectivity index (χ0v) is 20.1. The van der Waals surface area contributed by atoms with Gasteiger partial charge in [0.1, 0.15) is 10.9 Å². The number of amidine groups is 1. The number of carbonyl (C=O) groups is 1. The molecule has 5 rings (SSSR count). The number of likely N-dealkylation sites (tertiary alicyclic amines) is 1. The molecule has 3 heterocycles. The van der Waals surface area contributed by atoms with E-state index in [4.69, 9.17) is 0 Å². The summed E-state index contributed by atoms with van der Waals surface area (Å²) in [6.07, 6.45) is 2.43. The SMILES string of the molecule is O=C(NCCCN1CCN(c2ccccc2)CC1)[C@@H]1CCCN1C1=NS(=O)(=O)c2ccccc21. The summed E-state index contributed by atoms with van der Waals surface area (Å²) in [5.41, 5.74) is 1.87. The van der Waals surface area contributed by atoms with Crippen molar-refractivity contribution in [1.82, 2.24) is 15.1 Å². The zero-order chi connectivity index (χ0) is 23.5. The highest BCUT2D eigenvalue weighted by Gasteiger charge is 2.39. The lowest BCUT2D eigenvalue weighted by molar-refractivity contribution is -0.124. The summed E-state index contributed by atoms with van der Waals surface area (Å²) in [6, 6.07) is 17.0. The van der Waals surface area contributed by atoms with Crippen molar-refractivity contribution in [2.75, 3.05) is 50.7 Å². The van der Waals surface area contributed by atoms with Gasteiger partial charge in [-0.3, -0.25) is 9.69 Å². The first-order chi connectivity index (χ1) is 16.5. The van der Waals surface area contributed by atoms with Gasteiger partial charge in [-0.15, -0.1) is 4.40 Å². The van der Waals surface area contributed by atoms with E-state index in [9.17, 15) is 13.2 Å². The van der Waals surface area contributed by atoms with E-state index in [0.29, 0.717) is 30.9 Å². The molecule has 1 N–H and O–H groups in total. The fourth-order valence-corrected chi connectivity index (χ4v) is 6.31. The number of hydrogen-bond donors (Lipinski definition) is 1. The maximum Gasteiger partial charge on any atom is 0.285 e. The number of para-hydroxylation sites is 1. The number of nitrogens with one attached hydrogen (secondary N) is 1. The van der Waals surface area contributed by atoms with Gasteiger partial charge in [-0.25, -0.2) is 0 Å². The Labute approximate surface area is 201 Å². The zero-order valence-electron chi connectivity index (χ0n) is 19.3. The average Bonchev–Trinajstić information content (AvgIpc) is 3.45. The summed E-state index contributed by atoms with van der Waals surface area (Å²) in [5.74, 6) is 0.361. The highest BCUT2D eigenvalue weighted by atomic mass is 32.2. The molecule has 0 aromatic heterocycles. The molecule has 3 aliphatic rings. The van der Waals surface area contributed by atoms with Crippen LogP contribution in [-0.2, 0) is 14.8 Å². The number of amides is 1. The third-order valence-electron chi connectivity index (χ3n) is 6.88. The maximum atomic E-state index is 13.0. The van der Waals surface area contributed by atoms with Crippen molar-refractivity contribution in [2.24, 2.45) is 4.40 Å². The Morgan fingerprint density at radius 2 is 1.71 bits per heavy atom. The lowest BCUT2D eigenvalue weighted by Gasteiger charge is -2.36. The van der Waals surface area contributed by atoms with Crippen LogP contribution < -0.4 is 10.2 Å². The van der Waals surface area contributed by atoms with Gasteiger partial charge in [0.15, 0.2) is 5.84 Å². The number of sulfonamides is 1. The molecule has 2 fully saturated rings. The Morgan fingerprint density at radius 1 is 0.971 bits per heavy atom. The van der Waals surface area contributed by atoms with Gasteiger partial charge in [0.2, 0.25) is 5.91 Å². The Hall–Kier alpha value is -2.91. The Balaban J connectivity index is 1.10. The van der Waals surface area contributed by atoms with Crippen molar-refractivity contribution in [1.29, 1.82) is 0 Å². The highest BCUT2D eigenvalue weighted by Crippen LogP contribution is 2.31. The van der Waals surface area contributed by atoms with Gasteiger partial charge >= 0.3 is 0 Å². The molecule has 8 nitrogen and oxygen atoms in total. The van der Waals surface area contributed by atoms with Crippen LogP contribution in [0.25, 0.3) is 0 Å². The van der Waals surface area contributed by atoms with Gasteiger partial charge in [0, 0.05) is 50.5 Å². The van der Waals surface area contributed by atoms with E-state index in [1.807, 2.05) is 11.0 Å². The molecule has 1 atom stereocenters. The molecule has 2 aromatic carbocycles. The normalized spacial score (nSPS) is 21.9. The largest absolute Gasteiger partial charge is 0.369 e. The fraction of sp³-hybridized carbons (Fsp3) is 0.440. The van der Waals surface area contributed by atoms with Crippen molar-refractivity contribution in [3.05, 3.63) is 60.2 Å². The van der Waals surface area contributed by atoms with Crippen LogP contribution in [0.4, 0.5) is 5.69 Å². The predicted octanol–water partition coefficient (Wildman–Crippen LogP) is 1.93. The average molecular weight is 482 g/mol. The molecule has 0 saturated carbocycles. The minimum absolute atomic E-state index is 0.0455. The van der Waals surface area contributed by atoms with Gasteiger partial charge in [0.25, 0.3) is 10.0 Å². The molecule has 2 aromatic rings. The summed E-state index contributed by atoms with van der Waals surface area (Å²) in [7, 11) is -3.69. The molecule has 180 valence electrons. The van der Waals surface area contributed by atoms with Crippen LogP contribution in [0.1, 0.15) is 24.8 Å². The molecule has 2 saturated heterocycles. The summed E-state index contributed by atoms with van der Waals surface area (Å²) >= 11 is 0. The first-order valence-electron chi connectivity index (χ1n) is 12.0. The number of hydrogen-bond acceptors (Lipinski definition) is 6. The number of rotatable bonds is 6. The van der Waals surface area contributed by atoms with E-state index in [1.165, 1.54) is 5.69 Å². The molecule has 9 heteroatoms. The molecule has 0 spiro atoms. The van der Waals surface area contributed by atoms with Gasteiger partial charge in [-0.1, -0.05) is 30.3 Å². The number of benzene rings is 2. The second kappa shape index (κ2) is 9.76. The van der Waals surface area contributed by atoms with E-state index in [1.54, 1.807) is 24.3 Å². The number of piperazine rings is 1. The molecule has 0 aliphatic carbocycles. The van der Waals surface area contributed by atoms with E-state index < -0.39 is 10.0 Å². The monoisotopic (exact) mass is 481 g/mol. The number of carbonyl (C=O) groups excluding carboxylic acids is 1. The van der Waals surface area contributed by atoms with Gasteiger partial charge in [0.05, 0.1) is 0 Å². The van der Waals surface area contributed by atoms with Gasteiger partial charge in [-0.05, 0) is 50.1 Å². The van der Waals surface area contributed by atoms with Crippen LogP contribution in [-0.4, -0.2) is 81.8 Å². The summed E-state index contributed by atoms with van der Waals surface area (Å²) in [6.45, 7) is 6.27. The molecular weight excluding hydrogens is 450 g/mol. The number of anilines is 1. The summed E-state index contributed by atoms with van der Waals surface area (Å²) in [4.78, 5) is 19.9. The molecule has 0 bridgehead atoms. The van der Waals surface area contributed by atoms with Crippen LogP contribution in [0.3, 0.4) is 0 Å². The molecule has 1 amide bonds. The lowest BCUT2D eigenvalue weighted by Crippen LogP contribution is -2.48. The molecule has 0 unspecified atom stereocenters. The molecule has 3 aliphatic heterocycles. The second-order valence-corrected chi connectivity index (χ2v) is 10.6. The Kier molecular flexibility index (Phi) is 6.56. The minimum Gasteiger partial charge on any atom is -0.369 e. The van der Waals surface area contributed by atoms with E-state index in [0.717, 1.165) is 45.6 Å². The maximum absolute atomic E-state index is 13.0. The van der Waals surface area contributed by atoms with Crippen molar-refractivity contribution < 1.29 is 13.2 Å². The van der Waals surface area contributed by atoms with Crippen molar-refractivity contribution in [3.63, 3.8) is 0 Å². The smallest absolute Gasteiger partial charge is 0.285 e.